The number of nitrogens with zero attached hydrogens (tertiary/aromatic N) is 2. The van der Waals surface area contributed by atoms with E-state index < -0.39 is 0 Å². The minimum atomic E-state index is -0.194. The maximum atomic E-state index is 12.8. The number of hydrogen-bond donors (Lipinski definition) is 1. The first-order chi connectivity index (χ1) is 12.6. The molecule has 26 heavy (non-hydrogen) atoms. The Labute approximate surface area is 151 Å². The molecule has 0 spiro atoms. The average molecular weight is 349 g/mol. The molecule has 2 aromatic carbocycles. The molecule has 2 aromatic rings. The molecular formula is C20H19N3O3. The highest BCUT2D eigenvalue weighted by atomic mass is 16.2. The molecule has 1 N–H and O–H groups in total. The minimum absolute atomic E-state index is 0.0240. The predicted octanol–water partition coefficient (Wildman–Crippen LogP) is 2.34. The summed E-state index contributed by atoms with van der Waals surface area (Å²) in [7, 11) is 0. The van der Waals surface area contributed by atoms with E-state index in [9.17, 15) is 14.4 Å². The number of amides is 3. The number of fused-ring (bicyclic) bond motifs is 1. The molecule has 0 aliphatic carbocycles. The maximum absolute atomic E-state index is 12.8. The van der Waals surface area contributed by atoms with Gasteiger partial charge in [-0.1, -0.05) is 24.3 Å². The molecule has 0 aromatic heterocycles. The SMILES string of the molecule is O=C1CN(C(=O)Cc2ccc(N3CCCC3=O)cc2)c2ccccc2N1. The normalized spacial score (nSPS) is 16.5. The fraction of sp³-hybridized carbons (Fsp3) is 0.250. The molecule has 4 rings (SSSR count). The molecule has 1 fully saturated rings. The Hall–Kier alpha value is -3.15. The second-order valence-electron chi connectivity index (χ2n) is 6.54. The molecule has 1 saturated heterocycles. The predicted molar refractivity (Wildman–Crippen MR) is 99.2 cm³/mol. The first kappa shape index (κ1) is 16.3. The number of anilines is 3. The highest BCUT2D eigenvalue weighted by molar-refractivity contribution is 6.10. The number of rotatable bonds is 3. The third-order valence-electron chi connectivity index (χ3n) is 4.75. The van der Waals surface area contributed by atoms with Gasteiger partial charge in [0.05, 0.1) is 17.8 Å². The van der Waals surface area contributed by atoms with Gasteiger partial charge in [-0.2, -0.15) is 0 Å². The third-order valence-corrected chi connectivity index (χ3v) is 4.75. The fourth-order valence-electron chi connectivity index (χ4n) is 3.44. The van der Waals surface area contributed by atoms with E-state index in [2.05, 4.69) is 5.32 Å². The van der Waals surface area contributed by atoms with E-state index in [1.54, 1.807) is 11.0 Å². The summed E-state index contributed by atoms with van der Waals surface area (Å²) in [5.74, 6) is -0.179. The van der Waals surface area contributed by atoms with Crippen LogP contribution in [-0.4, -0.2) is 30.8 Å². The summed E-state index contributed by atoms with van der Waals surface area (Å²) in [5.41, 5.74) is 3.09. The minimum Gasteiger partial charge on any atom is -0.323 e. The van der Waals surface area contributed by atoms with Gasteiger partial charge < -0.3 is 15.1 Å². The monoisotopic (exact) mass is 349 g/mol. The van der Waals surface area contributed by atoms with Crippen molar-refractivity contribution >= 4 is 34.8 Å². The van der Waals surface area contributed by atoms with Crippen molar-refractivity contribution in [3.8, 4) is 0 Å². The Bertz CT molecular complexity index is 876. The lowest BCUT2D eigenvalue weighted by Crippen LogP contribution is -2.42. The maximum Gasteiger partial charge on any atom is 0.244 e. The summed E-state index contributed by atoms with van der Waals surface area (Å²) in [6.07, 6.45) is 1.68. The summed E-state index contributed by atoms with van der Waals surface area (Å²) in [4.78, 5) is 39.7. The van der Waals surface area contributed by atoms with Gasteiger partial charge in [-0.05, 0) is 36.2 Å². The summed E-state index contributed by atoms with van der Waals surface area (Å²) in [5, 5.41) is 2.78. The van der Waals surface area contributed by atoms with Crippen LogP contribution < -0.4 is 15.1 Å². The van der Waals surface area contributed by atoms with E-state index in [0.717, 1.165) is 29.9 Å². The quantitative estimate of drug-likeness (QED) is 0.925. The third kappa shape index (κ3) is 3.06. The number of para-hydroxylation sites is 2. The first-order valence-corrected chi connectivity index (χ1v) is 8.70. The topological polar surface area (TPSA) is 69.7 Å². The summed E-state index contributed by atoms with van der Waals surface area (Å²) < 4.78 is 0. The standard InChI is InChI=1S/C20H19N3O3/c24-18-13-23(17-5-2-1-4-16(17)21-18)20(26)12-14-7-9-15(10-8-14)22-11-3-6-19(22)25/h1-2,4-5,7-10H,3,6,11-13H2,(H,21,24). The van der Waals surface area contributed by atoms with E-state index >= 15 is 0 Å². The molecule has 0 bridgehead atoms. The smallest absolute Gasteiger partial charge is 0.244 e. The molecule has 132 valence electrons. The second-order valence-corrected chi connectivity index (χ2v) is 6.54. The lowest BCUT2D eigenvalue weighted by molar-refractivity contribution is -0.121. The van der Waals surface area contributed by atoms with Crippen LogP contribution in [0.3, 0.4) is 0 Å². The van der Waals surface area contributed by atoms with Gasteiger partial charge in [-0.15, -0.1) is 0 Å². The van der Waals surface area contributed by atoms with Crippen molar-refractivity contribution in [2.45, 2.75) is 19.3 Å². The Kier molecular flexibility index (Phi) is 4.16. The molecule has 0 radical (unpaired) electrons. The lowest BCUT2D eigenvalue weighted by Gasteiger charge is -2.29. The van der Waals surface area contributed by atoms with E-state index in [0.29, 0.717) is 12.1 Å². The van der Waals surface area contributed by atoms with Gasteiger partial charge in [0.1, 0.15) is 6.54 Å². The molecule has 2 aliphatic rings. The van der Waals surface area contributed by atoms with Gasteiger partial charge in [0.25, 0.3) is 0 Å². The van der Waals surface area contributed by atoms with Gasteiger partial charge in [0, 0.05) is 18.7 Å². The average Bonchev–Trinajstić information content (AvgIpc) is 3.07. The molecular weight excluding hydrogens is 330 g/mol. The highest BCUT2D eigenvalue weighted by Gasteiger charge is 2.26. The van der Waals surface area contributed by atoms with E-state index in [1.807, 2.05) is 42.5 Å². The molecule has 2 aliphatic heterocycles. The highest BCUT2D eigenvalue weighted by Crippen LogP contribution is 2.29. The Balaban J connectivity index is 1.50. The van der Waals surface area contributed by atoms with Crippen LogP contribution in [0.5, 0.6) is 0 Å². The van der Waals surface area contributed by atoms with Gasteiger partial charge in [-0.3, -0.25) is 14.4 Å². The van der Waals surface area contributed by atoms with Crippen molar-refractivity contribution in [2.75, 3.05) is 28.2 Å². The van der Waals surface area contributed by atoms with Gasteiger partial charge >= 0.3 is 0 Å². The zero-order chi connectivity index (χ0) is 18.1. The van der Waals surface area contributed by atoms with E-state index in [-0.39, 0.29) is 30.7 Å². The molecule has 6 heteroatoms. The van der Waals surface area contributed by atoms with Gasteiger partial charge in [-0.25, -0.2) is 0 Å². The Morgan fingerprint density at radius 3 is 2.54 bits per heavy atom. The van der Waals surface area contributed by atoms with Crippen LogP contribution in [0.15, 0.2) is 48.5 Å². The number of hydrogen-bond acceptors (Lipinski definition) is 3. The first-order valence-electron chi connectivity index (χ1n) is 8.70. The van der Waals surface area contributed by atoms with Crippen LogP contribution in [-0.2, 0) is 20.8 Å². The van der Waals surface area contributed by atoms with Gasteiger partial charge in [0.2, 0.25) is 17.7 Å². The zero-order valence-corrected chi connectivity index (χ0v) is 14.3. The molecule has 2 heterocycles. The van der Waals surface area contributed by atoms with Crippen molar-refractivity contribution < 1.29 is 14.4 Å². The lowest BCUT2D eigenvalue weighted by atomic mass is 10.1. The van der Waals surface area contributed by atoms with Crippen molar-refractivity contribution in [3.63, 3.8) is 0 Å². The fourth-order valence-corrected chi connectivity index (χ4v) is 3.44. The Morgan fingerprint density at radius 2 is 1.81 bits per heavy atom. The Morgan fingerprint density at radius 1 is 1.04 bits per heavy atom. The summed E-state index contributed by atoms with van der Waals surface area (Å²) in [6.45, 7) is 0.771. The second kappa shape index (κ2) is 6.63. The number of benzene rings is 2. The number of nitrogens with one attached hydrogen (secondary N) is 1. The van der Waals surface area contributed by atoms with E-state index in [4.69, 9.17) is 0 Å². The zero-order valence-electron chi connectivity index (χ0n) is 14.3. The molecule has 0 saturated carbocycles. The summed E-state index contributed by atoms with van der Waals surface area (Å²) in [6, 6.07) is 14.8. The van der Waals surface area contributed by atoms with E-state index in [1.165, 1.54) is 4.90 Å². The molecule has 3 amide bonds. The van der Waals surface area contributed by atoms with Crippen molar-refractivity contribution in [1.82, 2.24) is 0 Å². The van der Waals surface area contributed by atoms with Crippen LogP contribution in [0.25, 0.3) is 0 Å². The molecule has 6 nitrogen and oxygen atoms in total. The van der Waals surface area contributed by atoms with Crippen molar-refractivity contribution in [1.29, 1.82) is 0 Å². The summed E-state index contributed by atoms with van der Waals surface area (Å²) >= 11 is 0. The van der Waals surface area contributed by atoms with Crippen molar-refractivity contribution in [2.24, 2.45) is 0 Å². The molecule has 0 unspecified atom stereocenters. The molecule has 0 atom stereocenters. The van der Waals surface area contributed by atoms with Crippen LogP contribution in [0.4, 0.5) is 17.1 Å². The van der Waals surface area contributed by atoms with Crippen LogP contribution >= 0.6 is 0 Å². The van der Waals surface area contributed by atoms with Crippen molar-refractivity contribution in [3.05, 3.63) is 54.1 Å². The van der Waals surface area contributed by atoms with Crippen LogP contribution in [0.2, 0.25) is 0 Å². The van der Waals surface area contributed by atoms with Crippen LogP contribution in [0.1, 0.15) is 18.4 Å². The largest absolute Gasteiger partial charge is 0.323 e. The number of carbonyl (C=O) groups excluding carboxylic acids is 3. The number of carbonyl (C=O) groups is 3. The van der Waals surface area contributed by atoms with Gasteiger partial charge in [0.15, 0.2) is 0 Å². The van der Waals surface area contributed by atoms with Crippen LogP contribution in [0, 0.1) is 0 Å².